The Labute approximate surface area is 160 Å². The van der Waals surface area contributed by atoms with Gasteiger partial charge in [-0.25, -0.2) is 9.78 Å². The zero-order chi connectivity index (χ0) is 18.1. The normalized spacial score (nSPS) is 27.0. The fourth-order valence-corrected chi connectivity index (χ4v) is 4.41. The predicted molar refractivity (Wildman–Crippen MR) is 107 cm³/mol. The maximum atomic E-state index is 6.24. The minimum absolute atomic E-state index is 0.0422. The van der Waals surface area contributed by atoms with Crippen molar-refractivity contribution >= 4 is 5.57 Å². The Morgan fingerprint density at radius 1 is 0.741 bits per heavy atom. The first-order valence-corrected chi connectivity index (χ1v) is 9.56. The summed E-state index contributed by atoms with van der Waals surface area (Å²) in [7, 11) is 0. The lowest BCUT2D eigenvalue weighted by atomic mass is 9.78. The van der Waals surface area contributed by atoms with E-state index in [2.05, 4.69) is 84.9 Å². The lowest BCUT2D eigenvalue weighted by molar-refractivity contribution is -0.425. The summed E-state index contributed by atoms with van der Waals surface area (Å²) in [5.74, 6) is 0.272. The minimum atomic E-state index is -0.447. The maximum absolute atomic E-state index is 6.24. The SMILES string of the molecule is C1=C(c2ccccc2)C[C@]2(c3ccccc3)OO[C@H](c3ccccc3)C[C@H]12. The van der Waals surface area contributed by atoms with Gasteiger partial charge in [0.15, 0.2) is 0 Å². The fraction of sp³-hybridized carbons (Fsp3) is 0.200. The van der Waals surface area contributed by atoms with Crippen molar-refractivity contribution in [1.82, 2.24) is 0 Å². The summed E-state index contributed by atoms with van der Waals surface area (Å²) in [5, 5.41) is 0. The van der Waals surface area contributed by atoms with Crippen LogP contribution in [0, 0.1) is 5.92 Å². The Bertz CT molecular complexity index is 934. The molecule has 3 atom stereocenters. The Hall–Kier alpha value is -2.68. The van der Waals surface area contributed by atoms with Gasteiger partial charge >= 0.3 is 0 Å². The van der Waals surface area contributed by atoms with E-state index in [9.17, 15) is 0 Å². The van der Waals surface area contributed by atoms with Crippen LogP contribution in [0.5, 0.6) is 0 Å². The van der Waals surface area contributed by atoms with Crippen molar-refractivity contribution in [3.63, 3.8) is 0 Å². The van der Waals surface area contributed by atoms with Crippen molar-refractivity contribution in [1.29, 1.82) is 0 Å². The highest BCUT2D eigenvalue weighted by Gasteiger charge is 2.51. The fourth-order valence-electron chi connectivity index (χ4n) is 4.41. The van der Waals surface area contributed by atoms with Crippen LogP contribution in [-0.4, -0.2) is 0 Å². The van der Waals surface area contributed by atoms with Crippen LogP contribution < -0.4 is 0 Å². The first-order valence-electron chi connectivity index (χ1n) is 9.56. The molecule has 1 aliphatic carbocycles. The molecular formula is C25H22O2. The molecule has 0 bridgehead atoms. The molecule has 1 aliphatic heterocycles. The molecule has 5 rings (SSSR count). The van der Waals surface area contributed by atoms with Crippen molar-refractivity contribution in [2.24, 2.45) is 5.92 Å². The van der Waals surface area contributed by atoms with Crippen LogP contribution in [-0.2, 0) is 15.4 Å². The van der Waals surface area contributed by atoms with E-state index >= 15 is 0 Å². The van der Waals surface area contributed by atoms with Crippen molar-refractivity contribution < 1.29 is 9.78 Å². The number of hydrogen-bond acceptors (Lipinski definition) is 2. The molecule has 1 saturated heterocycles. The Kier molecular flexibility index (Phi) is 4.16. The third kappa shape index (κ3) is 2.91. The van der Waals surface area contributed by atoms with Gasteiger partial charge in [0.1, 0.15) is 11.7 Å². The van der Waals surface area contributed by atoms with E-state index < -0.39 is 5.60 Å². The first-order chi connectivity index (χ1) is 13.4. The molecular weight excluding hydrogens is 332 g/mol. The quantitative estimate of drug-likeness (QED) is 0.531. The summed E-state index contributed by atoms with van der Waals surface area (Å²) in [6, 6.07) is 31.5. The zero-order valence-electron chi connectivity index (χ0n) is 15.1. The second-order valence-corrected chi connectivity index (χ2v) is 7.41. The number of rotatable bonds is 3. The topological polar surface area (TPSA) is 18.5 Å². The van der Waals surface area contributed by atoms with Crippen LogP contribution in [0.15, 0.2) is 97.1 Å². The highest BCUT2D eigenvalue weighted by atomic mass is 17.2. The summed E-state index contributed by atoms with van der Waals surface area (Å²) >= 11 is 0. The molecule has 1 heterocycles. The largest absolute Gasteiger partial charge is 0.228 e. The summed E-state index contributed by atoms with van der Waals surface area (Å²) in [6.07, 6.45) is 4.10. The molecule has 0 radical (unpaired) electrons. The van der Waals surface area contributed by atoms with Crippen LogP contribution in [0.4, 0.5) is 0 Å². The van der Waals surface area contributed by atoms with Gasteiger partial charge < -0.3 is 0 Å². The molecule has 2 aliphatic rings. The van der Waals surface area contributed by atoms with Crippen molar-refractivity contribution in [2.45, 2.75) is 24.5 Å². The Balaban J connectivity index is 1.53. The maximum Gasteiger partial charge on any atom is 0.139 e. The summed E-state index contributed by atoms with van der Waals surface area (Å²) in [6.45, 7) is 0. The second kappa shape index (κ2) is 6.80. The van der Waals surface area contributed by atoms with E-state index in [4.69, 9.17) is 9.78 Å². The molecule has 0 aromatic heterocycles. The van der Waals surface area contributed by atoms with Crippen LogP contribution in [0.25, 0.3) is 5.57 Å². The molecule has 0 N–H and O–H groups in total. The van der Waals surface area contributed by atoms with Gasteiger partial charge in [-0.1, -0.05) is 97.1 Å². The Morgan fingerprint density at radius 3 is 2.07 bits per heavy atom. The zero-order valence-corrected chi connectivity index (χ0v) is 15.1. The lowest BCUT2D eigenvalue weighted by Gasteiger charge is -2.41. The molecule has 0 amide bonds. The van der Waals surface area contributed by atoms with Crippen molar-refractivity contribution in [3.8, 4) is 0 Å². The monoisotopic (exact) mass is 354 g/mol. The van der Waals surface area contributed by atoms with Gasteiger partial charge in [0.25, 0.3) is 0 Å². The van der Waals surface area contributed by atoms with Crippen molar-refractivity contribution in [2.75, 3.05) is 0 Å². The first kappa shape index (κ1) is 16.5. The van der Waals surface area contributed by atoms with Crippen LogP contribution >= 0.6 is 0 Å². The number of fused-ring (bicyclic) bond motifs is 1. The molecule has 0 spiro atoms. The highest BCUT2D eigenvalue weighted by Crippen LogP contribution is 2.55. The van der Waals surface area contributed by atoms with Gasteiger partial charge in [0.2, 0.25) is 0 Å². The molecule has 27 heavy (non-hydrogen) atoms. The molecule has 3 aromatic carbocycles. The summed E-state index contributed by atoms with van der Waals surface area (Å²) < 4.78 is 0. The Morgan fingerprint density at radius 2 is 1.37 bits per heavy atom. The third-order valence-electron chi connectivity index (χ3n) is 5.81. The smallest absolute Gasteiger partial charge is 0.139 e. The number of benzene rings is 3. The lowest BCUT2D eigenvalue weighted by Crippen LogP contribution is -2.40. The van der Waals surface area contributed by atoms with E-state index in [1.54, 1.807) is 0 Å². The van der Waals surface area contributed by atoms with E-state index in [0.29, 0.717) is 0 Å². The summed E-state index contributed by atoms with van der Waals surface area (Å²) in [4.78, 5) is 12.2. The van der Waals surface area contributed by atoms with Gasteiger partial charge in [-0.3, -0.25) is 0 Å². The molecule has 1 fully saturated rings. The van der Waals surface area contributed by atoms with Gasteiger partial charge in [0.05, 0.1) is 0 Å². The number of hydrogen-bond donors (Lipinski definition) is 0. The third-order valence-corrected chi connectivity index (χ3v) is 5.81. The van der Waals surface area contributed by atoms with E-state index in [0.717, 1.165) is 12.8 Å². The van der Waals surface area contributed by atoms with Crippen LogP contribution in [0.2, 0.25) is 0 Å². The van der Waals surface area contributed by atoms with Gasteiger partial charge in [-0.15, -0.1) is 0 Å². The predicted octanol–water partition coefficient (Wildman–Crippen LogP) is 6.08. The van der Waals surface area contributed by atoms with Gasteiger partial charge in [0, 0.05) is 12.3 Å². The van der Waals surface area contributed by atoms with E-state index in [1.807, 2.05) is 12.1 Å². The van der Waals surface area contributed by atoms with Crippen LogP contribution in [0.1, 0.15) is 35.6 Å². The second-order valence-electron chi connectivity index (χ2n) is 7.41. The van der Waals surface area contributed by atoms with E-state index in [-0.39, 0.29) is 12.0 Å². The van der Waals surface area contributed by atoms with E-state index in [1.165, 1.54) is 22.3 Å². The molecule has 2 nitrogen and oxygen atoms in total. The minimum Gasteiger partial charge on any atom is -0.228 e. The highest BCUT2D eigenvalue weighted by molar-refractivity contribution is 5.70. The molecule has 3 aromatic rings. The summed E-state index contributed by atoms with van der Waals surface area (Å²) in [5.41, 5.74) is 4.51. The molecule has 134 valence electrons. The molecule has 0 unspecified atom stereocenters. The molecule has 0 saturated carbocycles. The van der Waals surface area contributed by atoms with Crippen LogP contribution in [0.3, 0.4) is 0 Å². The van der Waals surface area contributed by atoms with Gasteiger partial charge in [-0.2, -0.15) is 0 Å². The van der Waals surface area contributed by atoms with Crippen molar-refractivity contribution in [3.05, 3.63) is 114 Å². The standard InChI is InChI=1S/C25H22O2/c1-4-10-19(11-5-1)21-16-23-17-24(20-12-6-2-7-13-20)26-27-25(23,18-21)22-14-8-3-9-15-22/h1-16,23-24H,17-18H2/t23-,24-,25+/m0/s1. The van der Waals surface area contributed by atoms with Gasteiger partial charge in [-0.05, 0) is 28.7 Å². The average molecular weight is 354 g/mol. The average Bonchev–Trinajstić information content (AvgIpc) is 3.16. The molecule has 2 heteroatoms.